The van der Waals surface area contributed by atoms with E-state index < -0.39 is 15.7 Å². The molecule has 0 aliphatic heterocycles. The Morgan fingerprint density at radius 3 is 2.74 bits per heavy atom. The first-order valence-electron chi connectivity index (χ1n) is 7.14. The average Bonchev–Trinajstić information content (AvgIpc) is 3.03. The molecule has 0 N–H and O–H groups in total. The number of sulfone groups is 1. The van der Waals surface area contributed by atoms with E-state index in [4.69, 9.17) is 9.26 Å². The van der Waals surface area contributed by atoms with E-state index >= 15 is 0 Å². The lowest BCUT2D eigenvalue weighted by molar-refractivity contribution is 0.353. The number of hydrogen-bond donors (Lipinski definition) is 0. The summed E-state index contributed by atoms with van der Waals surface area (Å²) in [5.74, 6) is 0.481. The van der Waals surface area contributed by atoms with Gasteiger partial charge in [0.05, 0.1) is 12.9 Å². The van der Waals surface area contributed by atoms with E-state index in [-0.39, 0.29) is 16.9 Å². The summed E-state index contributed by atoms with van der Waals surface area (Å²) >= 11 is 0. The molecule has 1 saturated carbocycles. The maximum atomic E-state index is 13.4. The normalized spacial score (nSPS) is 16.3. The van der Waals surface area contributed by atoms with E-state index in [1.165, 1.54) is 31.6 Å². The van der Waals surface area contributed by atoms with E-state index in [1.54, 1.807) is 0 Å². The molecule has 0 atom stereocenters. The minimum absolute atomic E-state index is 0.101. The lowest BCUT2D eigenvalue weighted by Gasteiger charge is -2.09. The van der Waals surface area contributed by atoms with Gasteiger partial charge in [-0.15, -0.1) is 0 Å². The molecule has 124 valence electrons. The maximum Gasteiger partial charge on any atom is 0.227 e. The first-order valence-corrected chi connectivity index (χ1v) is 9.21. The van der Waals surface area contributed by atoms with Crippen LogP contribution in [0.15, 0.2) is 22.7 Å². The van der Waals surface area contributed by atoms with E-state index in [1.807, 2.05) is 0 Å². The van der Waals surface area contributed by atoms with Crippen LogP contribution in [0.25, 0.3) is 11.4 Å². The Morgan fingerprint density at radius 2 is 2.13 bits per heavy atom. The van der Waals surface area contributed by atoms with Crippen LogP contribution in [-0.4, -0.2) is 37.7 Å². The number of rotatable bonds is 6. The van der Waals surface area contributed by atoms with Gasteiger partial charge < -0.3 is 9.26 Å². The zero-order valence-corrected chi connectivity index (χ0v) is 13.7. The van der Waals surface area contributed by atoms with Crippen molar-refractivity contribution in [3.8, 4) is 17.1 Å². The molecular formula is C15H17FN2O4S. The van der Waals surface area contributed by atoms with Gasteiger partial charge in [0.1, 0.15) is 9.84 Å². The molecule has 0 bridgehead atoms. The van der Waals surface area contributed by atoms with Gasteiger partial charge in [0.25, 0.3) is 0 Å². The molecule has 3 rings (SSSR count). The van der Waals surface area contributed by atoms with Crippen molar-refractivity contribution in [2.45, 2.75) is 19.3 Å². The number of methoxy groups -OCH3 is 1. The second-order valence-electron chi connectivity index (χ2n) is 6.11. The van der Waals surface area contributed by atoms with Crippen molar-refractivity contribution in [1.29, 1.82) is 0 Å². The minimum Gasteiger partial charge on any atom is -0.494 e. The summed E-state index contributed by atoms with van der Waals surface area (Å²) in [4.78, 5) is 4.29. The molecule has 1 aromatic carbocycles. The number of aromatic nitrogens is 2. The topological polar surface area (TPSA) is 82.3 Å². The third-order valence-corrected chi connectivity index (χ3v) is 5.07. The molecular weight excluding hydrogens is 323 g/mol. The van der Waals surface area contributed by atoms with Crippen molar-refractivity contribution in [3.05, 3.63) is 29.9 Å². The van der Waals surface area contributed by atoms with Crippen LogP contribution in [0.5, 0.6) is 5.75 Å². The highest BCUT2D eigenvalue weighted by Crippen LogP contribution is 2.49. The van der Waals surface area contributed by atoms with E-state index in [0.717, 1.165) is 12.8 Å². The number of benzene rings is 1. The van der Waals surface area contributed by atoms with Gasteiger partial charge in [-0.2, -0.15) is 4.98 Å². The molecule has 6 nitrogen and oxygen atoms in total. The van der Waals surface area contributed by atoms with Crippen molar-refractivity contribution in [2.75, 3.05) is 19.1 Å². The van der Waals surface area contributed by atoms with Gasteiger partial charge in [0, 0.05) is 18.2 Å². The van der Waals surface area contributed by atoms with Gasteiger partial charge in [0.2, 0.25) is 11.7 Å². The van der Waals surface area contributed by atoms with Crippen LogP contribution >= 0.6 is 0 Å². The molecule has 1 aliphatic rings. The quantitative estimate of drug-likeness (QED) is 0.802. The van der Waals surface area contributed by atoms with Gasteiger partial charge >= 0.3 is 0 Å². The summed E-state index contributed by atoms with van der Waals surface area (Å²) < 4.78 is 46.6. The lowest BCUT2D eigenvalue weighted by Crippen LogP contribution is -2.18. The third-order valence-electron chi connectivity index (χ3n) is 3.93. The molecule has 0 amide bonds. The zero-order chi connectivity index (χ0) is 16.7. The van der Waals surface area contributed by atoms with Crippen molar-refractivity contribution >= 4 is 9.84 Å². The molecule has 0 radical (unpaired) electrons. The largest absolute Gasteiger partial charge is 0.494 e. The van der Waals surface area contributed by atoms with E-state index in [0.29, 0.717) is 23.7 Å². The van der Waals surface area contributed by atoms with E-state index in [9.17, 15) is 12.8 Å². The van der Waals surface area contributed by atoms with Crippen LogP contribution in [0.4, 0.5) is 4.39 Å². The molecule has 1 aromatic heterocycles. The van der Waals surface area contributed by atoms with Crippen LogP contribution in [0.2, 0.25) is 0 Å². The molecule has 1 fully saturated rings. The van der Waals surface area contributed by atoms with Crippen LogP contribution < -0.4 is 4.74 Å². The third kappa shape index (κ3) is 3.69. The number of halogens is 1. The van der Waals surface area contributed by atoms with Crippen molar-refractivity contribution in [2.24, 2.45) is 5.41 Å². The lowest BCUT2D eigenvalue weighted by atomic mass is 10.1. The molecule has 23 heavy (non-hydrogen) atoms. The van der Waals surface area contributed by atoms with Crippen molar-refractivity contribution < 1.29 is 22.1 Å². The Bertz CT molecular complexity index is 828. The Hall–Kier alpha value is -1.96. The van der Waals surface area contributed by atoms with E-state index in [2.05, 4.69) is 10.1 Å². The molecule has 0 unspecified atom stereocenters. The highest BCUT2D eigenvalue weighted by atomic mass is 32.2. The standard InChI is InChI=1S/C15H17FN2O4S/c1-21-12-7-10(3-4-11(12)16)14-17-13(22-18-14)8-15(5-6-15)9-23(2,19)20/h3-4,7H,5-6,8-9H2,1-2H3. The molecule has 2 aromatic rings. The van der Waals surface area contributed by atoms with Gasteiger partial charge in [-0.25, -0.2) is 12.8 Å². The predicted molar refractivity (Wildman–Crippen MR) is 81.3 cm³/mol. The van der Waals surface area contributed by atoms with Crippen molar-refractivity contribution in [3.63, 3.8) is 0 Å². The Balaban J connectivity index is 1.79. The van der Waals surface area contributed by atoms with Gasteiger partial charge in [-0.3, -0.25) is 0 Å². The first-order chi connectivity index (χ1) is 10.8. The van der Waals surface area contributed by atoms with Gasteiger partial charge in [-0.1, -0.05) is 5.16 Å². The Labute approximate surface area is 133 Å². The summed E-state index contributed by atoms with van der Waals surface area (Å²) in [5.41, 5.74) is 0.295. The zero-order valence-electron chi connectivity index (χ0n) is 12.9. The summed E-state index contributed by atoms with van der Waals surface area (Å²) in [6.45, 7) is 0. The SMILES string of the molecule is COc1cc(-c2noc(CC3(CS(C)(=O)=O)CC3)n2)ccc1F. The fourth-order valence-corrected chi connectivity index (χ4v) is 4.17. The van der Waals surface area contributed by atoms with Gasteiger partial charge in [0.15, 0.2) is 11.6 Å². The maximum absolute atomic E-state index is 13.4. The molecule has 0 spiro atoms. The number of nitrogens with zero attached hydrogens (tertiary/aromatic N) is 2. The second kappa shape index (κ2) is 5.59. The van der Waals surface area contributed by atoms with Crippen molar-refractivity contribution in [1.82, 2.24) is 10.1 Å². The van der Waals surface area contributed by atoms with Crippen LogP contribution in [0.1, 0.15) is 18.7 Å². The second-order valence-corrected chi connectivity index (χ2v) is 8.25. The number of ether oxygens (including phenoxy) is 1. The van der Waals surface area contributed by atoms with Crippen LogP contribution in [-0.2, 0) is 16.3 Å². The summed E-state index contributed by atoms with van der Waals surface area (Å²) in [6.07, 6.45) is 3.34. The Morgan fingerprint density at radius 1 is 1.39 bits per heavy atom. The first kappa shape index (κ1) is 15.9. The predicted octanol–water partition coefficient (Wildman–Crippen LogP) is 2.25. The average molecular weight is 340 g/mol. The summed E-state index contributed by atoms with van der Waals surface area (Å²) in [6, 6.07) is 4.31. The smallest absolute Gasteiger partial charge is 0.227 e. The molecule has 8 heteroatoms. The highest BCUT2D eigenvalue weighted by Gasteiger charge is 2.46. The van der Waals surface area contributed by atoms with Crippen LogP contribution in [0.3, 0.4) is 0 Å². The monoisotopic (exact) mass is 340 g/mol. The summed E-state index contributed by atoms with van der Waals surface area (Å²) in [7, 11) is -1.67. The summed E-state index contributed by atoms with van der Waals surface area (Å²) in [5, 5.41) is 3.89. The Kier molecular flexibility index (Phi) is 3.87. The molecule has 1 heterocycles. The molecule has 1 aliphatic carbocycles. The van der Waals surface area contributed by atoms with Crippen LogP contribution in [0, 0.1) is 11.2 Å². The fraction of sp³-hybridized carbons (Fsp3) is 0.467. The molecule has 0 saturated heterocycles. The fourth-order valence-electron chi connectivity index (χ4n) is 2.67. The number of hydrogen-bond acceptors (Lipinski definition) is 6. The van der Waals surface area contributed by atoms with Gasteiger partial charge in [-0.05, 0) is 36.5 Å². The minimum atomic E-state index is -3.05. The highest BCUT2D eigenvalue weighted by molar-refractivity contribution is 7.90.